The predicted octanol–water partition coefficient (Wildman–Crippen LogP) is 3.38. The summed E-state index contributed by atoms with van der Waals surface area (Å²) in [7, 11) is 1.71. The maximum Gasteiger partial charge on any atom is 0.336 e. The summed E-state index contributed by atoms with van der Waals surface area (Å²) in [4.78, 5) is 10.8. The summed E-state index contributed by atoms with van der Waals surface area (Å²) in [6.07, 6.45) is 3.26. The maximum atomic E-state index is 10.8. The van der Waals surface area contributed by atoms with E-state index >= 15 is 0 Å². The first-order valence-electron chi connectivity index (χ1n) is 5.91. The maximum absolute atomic E-state index is 10.8. The van der Waals surface area contributed by atoms with Crippen molar-refractivity contribution >= 4 is 27.6 Å². The molecule has 0 atom stereocenters. The topological polar surface area (TPSA) is 58.6 Å². The first kappa shape index (κ1) is 15.0. The van der Waals surface area contributed by atoms with Gasteiger partial charge in [-0.05, 0) is 53.4 Å². The Balaban J connectivity index is 2.35. The van der Waals surface area contributed by atoms with Crippen LogP contribution in [0.1, 0.15) is 29.6 Å². The summed E-state index contributed by atoms with van der Waals surface area (Å²) in [6.45, 7) is 1.68. The van der Waals surface area contributed by atoms with Crippen LogP contribution < -0.4 is 5.32 Å². The number of rotatable bonds is 8. The van der Waals surface area contributed by atoms with Gasteiger partial charge in [0.15, 0.2) is 0 Å². The van der Waals surface area contributed by atoms with Crippen LogP contribution in [0.25, 0.3) is 0 Å². The van der Waals surface area contributed by atoms with E-state index in [2.05, 4.69) is 21.2 Å². The summed E-state index contributed by atoms with van der Waals surface area (Å²) in [6, 6.07) is 5.17. The second-order valence-corrected chi connectivity index (χ2v) is 4.83. The summed E-state index contributed by atoms with van der Waals surface area (Å²) < 4.78 is 5.57. The van der Waals surface area contributed by atoms with Gasteiger partial charge in [-0.25, -0.2) is 4.79 Å². The molecule has 0 amide bonds. The number of hydrogen-bond donors (Lipinski definition) is 2. The fourth-order valence-electron chi connectivity index (χ4n) is 1.58. The molecule has 0 aliphatic carbocycles. The molecular weight excluding hydrogens is 298 g/mol. The van der Waals surface area contributed by atoms with Crippen LogP contribution in [0, 0.1) is 0 Å². The van der Waals surface area contributed by atoms with Gasteiger partial charge in [-0.15, -0.1) is 0 Å². The van der Waals surface area contributed by atoms with Crippen molar-refractivity contribution < 1.29 is 14.6 Å². The molecule has 100 valence electrons. The van der Waals surface area contributed by atoms with Crippen molar-refractivity contribution in [3.05, 3.63) is 28.2 Å². The molecule has 0 aromatic heterocycles. The van der Waals surface area contributed by atoms with Crippen LogP contribution >= 0.6 is 15.9 Å². The number of benzene rings is 1. The van der Waals surface area contributed by atoms with Crippen LogP contribution in [-0.2, 0) is 4.74 Å². The monoisotopic (exact) mass is 315 g/mol. The van der Waals surface area contributed by atoms with Crippen molar-refractivity contribution in [1.82, 2.24) is 0 Å². The van der Waals surface area contributed by atoms with E-state index in [1.807, 2.05) is 0 Å². The standard InChI is InChI=1S/C13H18BrNO3/c1-18-8-4-2-3-7-15-10-5-6-11(13(16)17)12(14)9-10/h5-6,9,15H,2-4,7-8H2,1H3,(H,16,17). The molecule has 1 aromatic carbocycles. The second-order valence-electron chi connectivity index (χ2n) is 3.98. The van der Waals surface area contributed by atoms with E-state index < -0.39 is 5.97 Å². The van der Waals surface area contributed by atoms with Crippen molar-refractivity contribution in [2.75, 3.05) is 25.6 Å². The SMILES string of the molecule is COCCCCCNc1ccc(C(=O)O)c(Br)c1. The summed E-state index contributed by atoms with van der Waals surface area (Å²) in [5.41, 5.74) is 1.21. The highest BCUT2D eigenvalue weighted by Crippen LogP contribution is 2.21. The normalized spacial score (nSPS) is 10.3. The lowest BCUT2D eigenvalue weighted by atomic mass is 10.2. The molecule has 0 radical (unpaired) electrons. The van der Waals surface area contributed by atoms with Gasteiger partial charge < -0.3 is 15.2 Å². The lowest BCUT2D eigenvalue weighted by Gasteiger charge is -2.08. The lowest BCUT2D eigenvalue weighted by Crippen LogP contribution is -2.03. The zero-order valence-electron chi connectivity index (χ0n) is 10.4. The minimum atomic E-state index is -0.923. The van der Waals surface area contributed by atoms with E-state index in [1.165, 1.54) is 0 Å². The van der Waals surface area contributed by atoms with Gasteiger partial charge in [0.2, 0.25) is 0 Å². The predicted molar refractivity (Wildman–Crippen MR) is 75.3 cm³/mol. The van der Waals surface area contributed by atoms with Crippen molar-refractivity contribution in [2.45, 2.75) is 19.3 Å². The zero-order valence-corrected chi connectivity index (χ0v) is 12.0. The van der Waals surface area contributed by atoms with Gasteiger partial charge >= 0.3 is 5.97 Å². The minimum Gasteiger partial charge on any atom is -0.478 e. The fraction of sp³-hybridized carbons (Fsp3) is 0.462. The van der Waals surface area contributed by atoms with E-state index in [0.717, 1.165) is 38.1 Å². The number of ether oxygens (including phenoxy) is 1. The highest BCUT2D eigenvalue weighted by Gasteiger charge is 2.07. The Morgan fingerprint density at radius 3 is 2.78 bits per heavy atom. The van der Waals surface area contributed by atoms with Crippen molar-refractivity contribution in [3.63, 3.8) is 0 Å². The molecule has 1 aromatic rings. The van der Waals surface area contributed by atoms with Gasteiger partial charge in [0.25, 0.3) is 0 Å². The van der Waals surface area contributed by atoms with E-state index in [0.29, 0.717) is 4.47 Å². The van der Waals surface area contributed by atoms with Crippen molar-refractivity contribution in [2.24, 2.45) is 0 Å². The van der Waals surface area contributed by atoms with Crippen LogP contribution in [0.3, 0.4) is 0 Å². The lowest BCUT2D eigenvalue weighted by molar-refractivity contribution is 0.0696. The van der Waals surface area contributed by atoms with E-state index in [4.69, 9.17) is 9.84 Å². The molecule has 0 aliphatic heterocycles. The number of hydrogen-bond acceptors (Lipinski definition) is 3. The number of unbranched alkanes of at least 4 members (excludes halogenated alkanes) is 2. The first-order chi connectivity index (χ1) is 8.65. The minimum absolute atomic E-state index is 0.278. The van der Waals surface area contributed by atoms with Crippen molar-refractivity contribution in [1.29, 1.82) is 0 Å². The number of halogens is 1. The van der Waals surface area contributed by atoms with Gasteiger partial charge in [0, 0.05) is 30.4 Å². The quantitative estimate of drug-likeness (QED) is 0.722. The number of aromatic carboxylic acids is 1. The molecule has 0 saturated carbocycles. The summed E-state index contributed by atoms with van der Waals surface area (Å²) >= 11 is 3.25. The summed E-state index contributed by atoms with van der Waals surface area (Å²) in [5, 5.41) is 12.2. The zero-order chi connectivity index (χ0) is 13.4. The Labute approximate surface area is 115 Å². The number of methoxy groups -OCH3 is 1. The van der Waals surface area contributed by atoms with Gasteiger partial charge in [0.05, 0.1) is 5.56 Å². The van der Waals surface area contributed by atoms with Crippen molar-refractivity contribution in [3.8, 4) is 0 Å². The van der Waals surface area contributed by atoms with Crippen LogP contribution in [0.15, 0.2) is 22.7 Å². The van der Waals surface area contributed by atoms with Gasteiger partial charge in [0.1, 0.15) is 0 Å². The molecular formula is C13H18BrNO3. The molecule has 0 aliphatic rings. The Bertz CT molecular complexity index is 396. The number of nitrogens with one attached hydrogen (secondary N) is 1. The highest BCUT2D eigenvalue weighted by atomic mass is 79.9. The first-order valence-corrected chi connectivity index (χ1v) is 6.70. The Hall–Kier alpha value is -1.07. The van der Waals surface area contributed by atoms with E-state index in [1.54, 1.807) is 25.3 Å². The third-order valence-corrected chi connectivity index (χ3v) is 3.21. The second kappa shape index (κ2) is 8.11. The third-order valence-electron chi connectivity index (χ3n) is 2.55. The molecule has 0 saturated heterocycles. The Morgan fingerprint density at radius 1 is 1.39 bits per heavy atom. The van der Waals surface area contributed by atoms with Crippen LogP contribution in [0.2, 0.25) is 0 Å². The smallest absolute Gasteiger partial charge is 0.336 e. The van der Waals surface area contributed by atoms with Crippen LogP contribution in [-0.4, -0.2) is 31.3 Å². The number of anilines is 1. The number of carbonyl (C=O) groups is 1. The van der Waals surface area contributed by atoms with Gasteiger partial charge in [-0.1, -0.05) is 0 Å². The molecule has 0 bridgehead atoms. The van der Waals surface area contributed by atoms with E-state index in [9.17, 15) is 4.79 Å². The molecule has 2 N–H and O–H groups in total. The van der Waals surface area contributed by atoms with E-state index in [-0.39, 0.29) is 5.56 Å². The van der Waals surface area contributed by atoms with Gasteiger partial charge in [-0.2, -0.15) is 0 Å². The fourth-order valence-corrected chi connectivity index (χ4v) is 2.13. The highest BCUT2D eigenvalue weighted by molar-refractivity contribution is 9.10. The van der Waals surface area contributed by atoms with Gasteiger partial charge in [-0.3, -0.25) is 0 Å². The Kier molecular flexibility index (Phi) is 6.75. The molecule has 0 unspecified atom stereocenters. The molecule has 5 heteroatoms. The average Bonchev–Trinajstić information content (AvgIpc) is 2.33. The number of carboxylic acid groups (broad SMARTS) is 1. The number of carboxylic acids is 1. The molecule has 0 spiro atoms. The van der Waals surface area contributed by atoms with Crippen LogP contribution in [0.5, 0.6) is 0 Å². The molecule has 0 fully saturated rings. The average molecular weight is 316 g/mol. The third kappa shape index (κ3) is 5.06. The largest absolute Gasteiger partial charge is 0.478 e. The molecule has 1 rings (SSSR count). The molecule has 18 heavy (non-hydrogen) atoms. The van der Waals surface area contributed by atoms with Crippen LogP contribution in [0.4, 0.5) is 5.69 Å². The summed E-state index contributed by atoms with van der Waals surface area (Å²) in [5.74, 6) is -0.923. The Morgan fingerprint density at radius 2 is 2.17 bits per heavy atom. The molecule has 4 nitrogen and oxygen atoms in total. The molecule has 0 heterocycles.